The number of amides is 1. The molecule has 0 unspecified atom stereocenters. The molecular formula is C25H23N3O. The van der Waals surface area contributed by atoms with Crippen molar-refractivity contribution in [2.45, 2.75) is 19.5 Å². The molecular weight excluding hydrogens is 358 g/mol. The lowest BCUT2D eigenvalue weighted by Crippen LogP contribution is -2.34. The van der Waals surface area contributed by atoms with Crippen LogP contribution in [-0.2, 0) is 13.1 Å². The molecule has 4 heteroatoms. The van der Waals surface area contributed by atoms with Crippen LogP contribution in [0.2, 0.25) is 0 Å². The van der Waals surface area contributed by atoms with Gasteiger partial charge in [0.15, 0.2) is 0 Å². The van der Waals surface area contributed by atoms with Crippen LogP contribution in [0.4, 0.5) is 5.69 Å². The summed E-state index contributed by atoms with van der Waals surface area (Å²) >= 11 is 0. The molecule has 2 aliphatic rings. The fourth-order valence-electron chi connectivity index (χ4n) is 4.19. The molecule has 0 N–H and O–H groups in total. The van der Waals surface area contributed by atoms with Gasteiger partial charge in [0.1, 0.15) is 0 Å². The second kappa shape index (κ2) is 7.55. The number of carbonyl (C=O) groups excluding carboxylic acids is 1. The Labute approximate surface area is 171 Å². The van der Waals surface area contributed by atoms with Crippen LogP contribution in [0.15, 0.2) is 79.1 Å². The van der Waals surface area contributed by atoms with Gasteiger partial charge in [-0.15, -0.1) is 0 Å². The van der Waals surface area contributed by atoms with E-state index in [1.165, 1.54) is 28.0 Å². The molecule has 29 heavy (non-hydrogen) atoms. The van der Waals surface area contributed by atoms with E-state index in [2.05, 4.69) is 64.5 Å². The predicted molar refractivity (Wildman–Crippen MR) is 116 cm³/mol. The van der Waals surface area contributed by atoms with Crippen molar-refractivity contribution in [1.29, 1.82) is 0 Å². The highest BCUT2D eigenvalue weighted by atomic mass is 16.2. The first-order valence-corrected chi connectivity index (χ1v) is 10.1. The normalized spacial score (nSPS) is 15.8. The molecule has 0 saturated carbocycles. The first kappa shape index (κ1) is 17.7. The topological polar surface area (TPSA) is 36.4 Å². The van der Waals surface area contributed by atoms with Crippen molar-refractivity contribution in [2.75, 3.05) is 18.0 Å². The second-order valence-electron chi connectivity index (χ2n) is 7.64. The Bertz CT molecular complexity index is 1030. The maximum Gasteiger partial charge on any atom is 0.254 e. The summed E-state index contributed by atoms with van der Waals surface area (Å²) in [5.41, 5.74) is 7.38. The molecule has 0 radical (unpaired) electrons. The van der Waals surface area contributed by atoms with Crippen LogP contribution in [0.5, 0.6) is 0 Å². The lowest BCUT2D eigenvalue weighted by atomic mass is 9.98. The van der Waals surface area contributed by atoms with Gasteiger partial charge in [-0.25, -0.2) is 0 Å². The zero-order valence-electron chi connectivity index (χ0n) is 16.3. The van der Waals surface area contributed by atoms with Crippen molar-refractivity contribution >= 4 is 17.2 Å². The van der Waals surface area contributed by atoms with E-state index >= 15 is 0 Å². The number of carbonyl (C=O) groups is 1. The van der Waals surface area contributed by atoms with E-state index < -0.39 is 0 Å². The minimum atomic E-state index is 0.0756. The van der Waals surface area contributed by atoms with Crippen LogP contribution in [0.1, 0.15) is 33.5 Å². The molecule has 0 atom stereocenters. The van der Waals surface area contributed by atoms with Crippen LogP contribution in [0.25, 0.3) is 5.57 Å². The third kappa shape index (κ3) is 3.54. The van der Waals surface area contributed by atoms with Gasteiger partial charge in [0.25, 0.3) is 5.91 Å². The number of hydrogen-bond acceptors (Lipinski definition) is 3. The summed E-state index contributed by atoms with van der Waals surface area (Å²) in [6.45, 7) is 3.35. The SMILES string of the molecule is O=C(c1ccncc1)N1CC=C(c2ccc(N3Cc4ccccc4C3)cc2)CC1. The van der Waals surface area contributed by atoms with Crippen LogP contribution in [-0.4, -0.2) is 28.9 Å². The monoisotopic (exact) mass is 381 g/mol. The smallest absolute Gasteiger partial charge is 0.254 e. The van der Waals surface area contributed by atoms with Crippen LogP contribution in [0.3, 0.4) is 0 Å². The first-order chi connectivity index (χ1) is 14.3. The molecule has 2 aromatic carbocycles. The zero-order valence-corrected chi connectivity index (χ0v) is 16.3. The first-order valence-electron chi connectivity index (χ1n) is 10.1. The van der Waals surface area contributed by atoms with Crippen molar-refractivity contribution in [3.05, 3.63) is 101 Å². The van der Waals surface area contributed by atoms with Crippen molar-refractivity contribution in [1.82, 2.24) is 9.88 Å². The van der Waals surface area contributed by atoms with Crippen molar-refractivity contribution < 1.29 is 4.79 Å². The molecule has 0 saturated heterocycles. The highest BCUT2D eigenvalue weighted by Gasteiger charge is 2.21. The molecule has 1 amide bonds. The summed E-state index contributed by atoms with van der Waals surface area (Å²) in [5, 5.41) is 0. The second-order valence-corrected chi connectivity index (χ2v) is 7.64. The number of hydrogen-bond donors (Lipinski definition) is 0. The Morgan fingerprint density at radius 2 is 1.55 bits per heavy atom. The predicted octanol–water partition coefficient (Wildman–Crippen LogP) is 4.53. The van der Waals surface area contributed by atoms with Gasteiger partial charge >= 0.3 is 0 Å². The number of benzene rings is 2. The third-order valence-electron chi connectivity index (χ3n) is 5.87. The van der Waals surface area contributed by atoms with E-state index in [1.807, 2.05) is 4.90 Å². The van der Waals surface area contributed by atoms with Crippen LogP contribution >= 0.6 is 0 Å². The Hall–Kier alpha value is -3.40. The number of nitrogens with zero attached hydrogens (tertiary/aromatic N) is 3. The molecule has 0 aliphatic carbocycles. The molecule has 1 aromatic heterocycles. The minimum Gasteiger partial charge on any atom is -0.363 e. The molecule has 0 spiro atoms. The maximum absolute atomic E-state index is 12.6. The number of pyridine rings is 1. The third-order valence-corrected chi connectivity index (χ3v) is 5.87. The molecule has 2 aliphatic heterocycles. The standard InChI is InChI=1S/C25H23N3O/c29-25(21-9-13-26-14-10-21)27-15-11-20(12-16-27)19-5-7-24(8-6-19)28-17-22-3-1-2-4-23(22)18-28/h1-11,13-14H,12,15-18H2. The summed E-state index contributed by atoms with van der Waals surface area (Å²) in [6.07, 6.45) is 6.40. The largest absolute Gasteiger partial charge is 0.363 e. The lowest BCUT2D eigenvalue weighted by molar-refractivity contribution is 0.0772. The van der Waals surface area contributed by atoms with Gasteiger partial charge in [-0.05, 0) is 52.9 Å². The highest BCUT2D eigenvalue weighted by Crippen LogP contribution is 2.30. The molecule has 3 heterocycles. The van der Waals surface area contributed by atoms with Gasteiger partial charge in [0, 0.05) is 49.8 Å². The Morgan fingerprint density at radius 3 is 2.17 bits per heavy atom. The van der Waals surface area contributed by atoms with Crippen LogP contribution in [0, 0.1) is 0 Å². The van der Waals surface area contributed by atoms with Gasteiger partial charge in [-0.3, -0.25) is 9.78 Å². The van der Waals surface area contributed by atoms with E-state index in [1.54, 1.807) is 24.5 Å². The number of fused-ring (bicyclic) bond motifs is 1. The van der Waals surface area contributed by atoms with Crippen molar-refractivity contribution in [3.8, 4) is 0 Å². The van der Waals surface area contributed by atoms with E-state index in [0.29, 0.717) is 12.1 Å². The van der Waals surface area contributed by atoms with Gasteiger partial charge in [0.2, 0.25) is 0 Å². The molecule has 5 rings (SSSR count). The molecule has 3 aromatic rings. The summed E-state index contributed by atoms with van der Waals surface area (Å²) < 4.78 is 0. The number of aromatic nitrogens is 1. The summed E-state index contributed by atoms with van der Waals surface area (Å²) in [6, 6.07) is 21.1. The maximum atomic E-state index is 12.6. The van der Waals surface area contributed by atoms with E-state index in [-0.39, 0.29) is 5.91 Å². The Kier molecular flexibility index (Phi) is 4.60. The lowest BCUT2D eigenvalue weighted by Gasteiger charge is -2.27. The van der Waals surface area contributed by atoms with Crippen molar-refractivity contribution in [2.24, 2.45) is 0 Å². The molecule has 0 fully saturated rings. The quantitative estimate of drug-likeness (QED) is 0.669. The van der Waals surface area contributed by atoms with Gasteiger partial charge in [-0.1, -0.05) is 42.5 Å². The molecule has 0 bridgehead atoms. The van der Waals surface area contributed by atoms with Gasteiger partial charge in [0.05, 0.1) is 0 Å². The van der Waals surface area contributed by atoms with Crippen molar-refractivity contribution in [3.63, 3.8) is 0 Å². The fourth-order valence-corrected chi connectivity index (χ4v) is 4.19. The zero-order chi connectivity index (χ0) is 19.6. The van der Waals surface area contributed by atoms with Gasteiger partial charge in [-0.2, -0.15) is 0 Å². The summed E-state index contributed by atoms with van der Waals surface area (Å²) in [5.74, 6) is 0.0756. The number of anilines is 1. The Morgan fingerprint density at radius 1 is 0.862 bits per heavy atom. The Balaban J connectivity index is 1.26. The molecule has 144 valence electrons. The molecule has 4 nitrogen and oxygen atoms in total. The highest BCUT2D eigenvalue weighted by molar-refractivity contribution is 5.94. The van der Waals surface area contributed by atoms with E-state index in [9.17, 15) is 4.79 Å². The number of rotatable bonds is 3. The minimum absolute atomic E-state index is 0.0756. The average Bonchev–Trinajstić information content (AvgIpc) is 3.24. The van der Waals surface area contributed by atoms with E-state index in [4.69, 9.17) is 0 Å². The van der Waals surface area contributed by atoms with E-state index in [0.717, 1.165) is 26.1 Å². The fraction of sp³-hybridized carbons (Fsp3) is 0.200. The van der Waals surface area contributed by atoms with Gasteiger partial charge < -0.3 is 9.80 Å². The van der Waals surface area contributed by atoms with Crippen LogP contribution < -0.4 is 4.90 Å². The summed E-state index contributed by atoms with van der Waals surface area (Å²) in [7, 11) is 0. The average molecular weight is 381 g/mol. The summed E-state index contributed by atoms with van der Waals surface area (Å²) in [4.78, 5) is 20.9.